The molecule has 0 saturated carbocycles. The molecule has 1 aliphatic heterocycles. The van der Waals surface area contributed by atoms with E-state index in [0.717, 1.165) is 25.2 Å². The molecule has 0 radical (unpaired) electrons. The highest BCUT2D eigenvalue weighted by atomic mass is 16.5. The molecule has 1 heterocycles. The van der Waals surface area contributed by atoms with E-state index in [1.165, 1.54) is 6.42 Å². The molecule has 1 aromatic carbocycles. The van der Waals surface area contributed by atoms with Crippen molar-refractivity contribution in [3.05, 3.63) is 35.9 Å². The van der Waals surface area contributed by atoms with Gasteiger partial charge in [-0.2, -0.15) is 0 Å². The number of hydrogen-bond acceptors (Lipinski definition) is 3. The highest BCUT2D eigenvalue weighted by molar-refractivity contribution is 5.73. The maximum Gasteiger partial charge on any atom is 0.311 e. The van der Waals surface area contributed by atoms with Crippen LogP contribution in [0.1, 0.15) is 38.9 Å². The van der Waals surface area contributed by atoms with Crippen LogP contribution in [0.25, 0.3) is 0 Å². The summed E-state index contributed by atoms with van der Waals surface area (Å²) >= 11 is 0. The van der Waals surface area contributed by atoms with Crippen LogP contribution >= 0.6 is 0 Å². The van der Waals surface area contributed by atoms with E-state index in [9.17, 15) is 4.79 Å². The Balaban J connectivity index is 1.93. The molecule has 1 saturated heterocycles. The Hall–Kier alpha value is -1.35. The maximum atomic E-state index is 12.4. The molecular formula is C17H25NO2. The Morgan fingerprint density at radius 3 is 2.35 bits per heavy atom. The Kier molecular flexibility index (Phi) is 5.18. The van der Waals surface area contributed by atoms with Gasteiger partial charge in [-0.3, -0.25) is 4.79 Å². The lowest BCUT2D eigenvalue weighted by Crippen LogP contribution is -2.44. The van der Waals surface area contributed by atoms with E-state index < -0.39 is 0 Å². The molecule has 3 nitrogen and oxygen atoms in total. The van der Waals surface area contributed by atoms with Gasteiger partial charge in [-0.15, -0.1) is 0 Å². The van der Waals surface area contributed by atoms with Crippen LogP contribution in [0, 0.1) is 11.8 Å². The lowest BCUT2D eigenvalue weighted by atomic mass is 9.94. The predicted octanol–water partition coefficient (Wildman–Crippen LogP) is 3.27. The van der Waals surface area contributed by atoms with Crippen molar-refractivity contribution in [3.63, 3.8) is 0 Å². The molecule has 2 atom stereocenters. The average molecular weight is 275 g/mol. The number of nitrogens with zero attached hydrogens (tertiary/aromatic N) is 1. The molecule has 1 fully saturated rings. The van der Waals surface area contributed by atoms with E-state index in [-0.39, 0.29) is 18.0 Å². The second-order valence-electron chi connectivity index (χ2n) is 5.99. The SMILES string of the molecule is CC(OC(=O)C(CN1CCC1)C(C)C)c1ccccc1. The molecule has 1 aromatic rings. The van der Waals surface area contributed by atoms with Gasteiger partial charge in [-0.05, 0) is 37.9 Å². The van der Waals surface area contributed by atoms with Crippen LogP contribution in [0.3, 0.4) is 0 Å². The largest absolute Gasteiger partial charge is 0.458 e. The van der Waals surface area contributed by atoms with Gasteiger partial charge in [0.15, 0.2) is 0 Å². The fourth-order valence-electron chi connectivity index (χ4n) is 2.45. The fourth-order valence-corrected chi connectivity index (χ4v) is 2.45. The second-order valence-corrected chi connectivity index (χ2v) is 5.99. The summed E-state index contributed by atoms with van der Waals surface area (Å²) in [6, 6.07) is 9.91. The highest BCUT2D eigenvalue weighted by Crippen LogP contribution is 2.23. The summed E-state index contributed by atoms with van der Waals surface area (Å²) in [5.74, 6) is 0.218. The van der Waals surface area contributed by atoms with Crippen molar-refractivity contribution in [2.45, 2.75) is 33.3 Å². The molecule has 0 spiro atoms. The normalized spacial score (nSPS) is 18.4. The van der Waals surface area contributed by atoms with E-state index in [1.54, 1.807) is 0 Å². The van der Waals surface area contributed by atoms with Gasteiger partial charge in [0.2, 0.25) is 0 Å². The Morgan fingerprint density at radius 1 is 1.20 bits per heavy atom. The van der Waals surface area contributed by atoms with Gasteiger partial charge in [0.1, 0.15) is 6.10 Å². The lowest BCUT2D eigenvalue weighted by Gasteiger charge is -2.34. The minimum atomic E-state index is -0.179. The average Bonchev–Trinajstić information content (AvgIpc) is 2.37. The van der Waals surface area contributed by atoms with Gasteiger partial charge in [-0.1, -0.05) is 44.2 Å². The minimum Gasteiger partial charge on any atom is -0.458 e. The van der Waals surface area contributed by atoms with Crippen LogP contribution in [-0.2, 0) is 9.53 Å². The van der Waals surface area contributed by atoms with Crippen molar-refractivity contribution < 1.29 is 9.53 Å². The first-order valence-corrected chi connectivity index (χ1v) is 7.55. The fraction of sp³-hybridized carbons (Fsp3) is 0.588. The molecule has 0 N–H and O–H groups in total. The monoisotopic (exact) mass is 275 g/mol. The van der Waals surface area contributed by atoms with E-state index in [1.807, 2.05) is 37.3 Å². The molecule has 2 unspecified atom stereocenters. The van der Waals surface area contributed by atoms with Crippen LogP contribution in [0.2, 0.25) is 0 Å². The number of esters is 1. The molecule has 3 heteroatoms. The van der Waals surface area contributed by atoms with Crippen molar-refractivity contribution in [1.29, 1.82) is 0 Å². The molecule has 0 bridgehead atoms. The number of ether oxygens (including phenoxy) is 1. The molecule has 110 valence electrons. The first-order chi connectivity index (χ1) is 9.58. The standard InChI is InChI=1S/C17H25NO2/c1-13(2)16(12-18-10-7-11-18)17(19)20-14(3)15-8-5-4-6-9-15/h4-6,8-9,13-14,16H,7,10-12H2,1-3H3. The number of hydrogen-bond donors (Lipinski definition) is 0. The van der Waals surface area contributed by atoms with Crippen molar-refractivity contribution in [2.24, 2.45) is 11.8 Å². The molecular weight excluding hydrogens is 250 g/mol. The summed E-state index contributed by atoms with van der Waals surface area (Å²) in [6.45, 7) is 9.19. The van der Waals surface area contributed by atoms with Crippen molar-refractivity contribution in [3.8, 4) is 0 Å². The van der Waals surface area contributed by atoms with Gasteiger partial charge >= 0.3 is 5.97 Å². The van der Waals surface area contributed by atoms with Crippen LogP contribution in [0.15, 0.2) is 30.3 Å². The first-order valence-electron chi connectivity index (χ1n) is 7.55. The summed E-state index contributed by atoms with van der Waals surface area (Å²) in [7, 11) is 0. The number of benzene rings is 1. The second kappa shape index (κ2) is 6.89. The molecule has 1 aliphatic rings. The third-order valence-electron chi connectivity index (χ3n) is 4.07. The first kappa shape index (κ1) is 15.0. The summed E-state index contributed by atoms with van der Waals surface area (Å²) in [6.07, 6.45) is 1.07. The van der Waals surface area contributed by atoms with Crippen LogP contribution < -0.4 is 0 Å². The van der Waals surface area contributed by atoms with Crippen LogP contribution in [0.4, 0.5) is 0 Å². The van der Waals surface area contributed by atoms with E-state index in [2.05, 4.69) is 18.7 Å². The number of likely N-dealkylation sites (tertiary alicyclic amines) is 1. The summed E-state index contributed by atoms with van der Waals surface area (Å²) in [4.78, 5) is 14.7. The van der Waals surface area contributed by atoms with Gasteiger partial charge in [-0.25, -0.2) is 0 Å². The van der Waals surface area contributed by atoms with Crippen molar-refractivity contribution >= 4 is 5.97 Å². The summed E-state index contributed by atoms with van der Waals surface area (Å²) in [5, 5.41) is 0. The predicted molar refractivity (Wildman–Crippen MR) is 80.3 cm³/mol. The van der Waals surface area contributed by atoms with Gasteiger partial charge in [0, 0.05) is 6.54 Å². The Bertz CT molecular complexity index is 426. The third-order valence-corrected chi connectivity index (χ3v) is 4.07. The summed E-state index contributed by atoms with van der Waals surface area (Å²) in [5.41, 5.74) is 1.05. The minimum absolute atomic E-state index is 0.0264. The molecule has 0 amide bonds. The summed E-state index contributed by atoms with van der Waals surface area (Å²) < 4.78 is 5.66. The van der Waals surface area contributed by atoms with Crippen LogP contribution in [0.5, 0.6) is 0 Å². The van der Waals surface area contributed by atoms with Gasteiger partial charge in [0.05, 0.1) is 5.92 Å². The Morgan fingerprint density at radius 2 is 1.85 bits per heavy atom. The van der Waals surface area contributed by atoms with E-state index in [4.69, 9.17) is 4.74 Å². The zero-order valence-electron chi connectivity index (χ0n) is 12.7. The number of carbonyl (C=O) groups is 1. The van der Waals surface area contributed by atoms with E-state index in [0.29, 0.717) is 5.92 Å². The quantitative estimate of drug-likeness (QED) is 0.746. The third kappa shape index (κ3) is 3.83. The van der Waals surface area contributed by atoms with Crippen LogP contribution in [-0.4, -0.2) is 30.5 Å². The van der Waals surface area contributed by atoms with Crippen molar-refractivity contribution in [2.75, 3.05) is 19.6 Å². The zero-order chi connectivity index (χ0) is 14.5. The maximum absolute atomic E-state index is 12.4. The van der Waals surface area contributed by atoms with Gasteiger partial charge < -0.3 is 9.64 Å². The molecule has 2 rings (SSSR count). The topological polar surface area (TPSA) is 29.5 Å². The molecule has 20 heavy (non-hydrogen) atoms. The number of rotatable bonds is 6. The zero-order valence-corrected chi connectivity index (χ0v) is 12.7. The lowest BCUT2D eigenvalue weighted by molar-refractivity contribution is -0.156. The van der Waals surface area contributed by atoms with Crippen molar-refractivity contribution in [1.82, 2.24) is 4.90 Å². The molecule has 0 aromatic heterocycles. The smallest absolute Gasteiger partial charge is 0.311 e. The Labute approximate surface area is 121 Å². The highest BCUT2D eigenvalue weighted by Gasteiger charge is 2.29. The number of carbonyl (C=O) groups excluding carboxylic acids is 1. The molecule has 0 aliphatic carbocycles. The van der Waals surface area contributed by atoms with E-state index >= 15 is 0 Å². The van der Waals surface area contributed by atoms with Gasteiger partial charge in [0.25, 0.3) is 0 Å².